The molecule has 3 heterocycles. The number of ether oxygens (including phenoxy) is 3. The van der Waals surface area contributed by atoms with Gasteiger partial charge in [0, 0.05) is 50.0 Å². The van der Waals surface area contributed by atoms with E-state index in [1.165, 1.54) is 4.57 Å². The number of pyridine rings is 1. The van der Waals surface area contributed by atoms with E-state index in [1.54, 1.807) is 43.5 Å². The summed E-state index contributed by atoms with van der Waals surface area (Å²) in [6.45, 7) is 7.62. The molecule has 2 aromatic carbocycles. The van der Waals surface area contributed by atoms with Crippen LogP contribution in [0.15, 0.2) is 59.5 Å². The van der Waals surface area contributed by atoms with Gasteiger partial charge in [0.1, 0.15) is 35.0 Å². The third kappa shape index (κ3) is 6.70. The van der Waals surface area contributed by atoms with Crippen LogP contribution in [0.25, 0.3) is 11.0 Å². The molecule has 0 spiro atoms. The summed E-state index contributed by atoms with van der Waals surface area (Å²) in [5.41, 5.74) is 2.11. The van der Waals surface area contributed by atoms with Crippen molar-refractivity contribution in [3.05, 3.63) is 65.1 Å². The summed E-state index contributed by atoms with van der Waals surface area (Å²) in [4.78, 5) is 41.5. The molecule has 2 aromatic heterocycles. The topological polar surface area (TPSA) is 114 Å². The van der Waals surface area contributed by atoms with E-state index >= 15 is 0 Å². The van der Waals surface area contributed by atoms with Crippen molar-refractivity contribution >= 4 is 45.8 Å². The zero-order chi connectivity index (χ0) is 31.6. The summed E-state index contributed by atoms with van der Waals surface area (Å²) < 4.78 is 18.4. The molecule has 0 atom stereocenters. The van der Waals surface area contributed by atoms with E-state index in [9.17, 15) is 9.59 Å². The number of nitrogens with one attached hydrogen (secondary N) is 1. The lowest BCUT2D eigenvalue weighted by atomic mass is 10.1. The van der Waals surface area contributed by atoms with Crippen LogP contribution in [0, 0.1) is 0 Å². The molecule has 1 aliphatic heterocycles. The molecule has 1 aliphatic rings. The number of hydrogen-bond donors (Lipinski definition) is 1. The summed E-state index contributed by atoms with van der Waals surface area (Å²) in [7, 11) is 7.27. The average Bonchev–Trinajstić information content (AvgIpc) is 2.98. The number of nitrogens with zero attached hydrogens (tertiary/aromatic N) is 6. The van der Waals surface area contributed by atoms with E-state index in [1.807, 2.05) is 70.1 Å². The molecule has 232 valence electrons. The molecule has 1 amide bonds. The molecular formula is C32H39N7O5. The third-order valence-electron chi connectivity index (χ3n) is 7.06. The second-order valence-electron chi connectivity index (χ2n) is 11.8. The first kappa shape index (κ1) is 30.6. The minimum absolute atomic E-state index is 0.235. The van der Waals surface area contributed by atoms with Crippen molar-refractivity contribution in [3.8, 4) is 11.5 Å². The molecule has 44 heavy (non-hydrogen) atoms. The van der Waals surface area contributed by atoms with Crippen LogP contribution in [0.1, 0.15) is 20.8 Å². The minimum Gasteiger partial charge on any atom is -0.497 e. The molecule has 0 radical (unpaired) electrons. The fraction of sp³-hybridized carbons (Fsp3) is 0.375. The van der Waals surface area contributed by atoms with Gasteiger partial charge < -0.3 is 29.3 Å². The number of likely N-dealkylation sites (N-methyl/N-ethyl adjacent to an activating group) is 1. The highest BCUT2D eigenvalue weighted by Crippen LogP contribution is 2.40. The molecule has 0 bridgehead atoms. The molecule has 0 fully saturated rings. The lowest BCUT2D eigenvalue weighted by molar-refractivity contribution is 0.0580. The first-order valence-corrected chi connectivity index (χ1v) is 14.4. The van der Waals surface area contributed by atoms with Crippen LogP contribution in [-0.2, 0) is 11.8 Å². The van der Waals surface area contributed by atoms with Gasteiger partial charge in [-0.15, -0.1) is 0 Å². The maximum atomic E-state index is 13.8. The first-order chi connectivity index (χ1) is 20.9. The van der Waals surface area contributed by atoms with Gasteiger partial charge in [0.25, 0.3) is 5.56 Å². The van der Waals surface area contributed by atoms with Crippen molar-refractivity contribution in [2.75, 3.05) is 62.6 Å². The zero-order valence-electron chi connectivity index (χ0n) is 26.2. The highest BCUT2D eigenvalue weighted by Gasteiger charge is 2.32. The lowest BCUT2D eigenvalue weighted by Gasteiger charge is -2.38. The summed E-state index contributed by atoms with van der Waals surface area (Å²) in [5.74, 6) is 1.74. The van der Waals surface area contributed by atoms with Crippen LogP contribution in [0.2, 0.25) is 0 Å². The standard InChI is InChI=1S/C32H39N7O5/c1-32(2,3)44-31(41)39-15-14-38(26-19-24(42-7)12-13-25(26)39)27-18-21-20-33-30(35-28(21)37(6)29(27)40)34-22-8-10-23(11-9-22)43-17-16-36(4)5/h8-13,18-20H,14-17H2,1-7H3,(H,33,34,35). The van der Waals surface area contributed by atoms with Gasteiger partial charge in [0.05, 0.1) is 18.5 Å². The Labute approximate surface area is 256 Å². The van der Waals surface area contributed by atoms with Crippen LogP contribution >= 0.6 is 0 Å². The van der Waals surface area contributed by atoms with Crippen LogP contribution in [-0.4, -0.2) is 78.6 Å². The number of fused-ring (bicyclic) bond motifs is 2. The number of benzene rings is 2. The number of hydrogen-bond acceptors (Lipinski definition) is 10. The number of amides is 1. The average molecular weight is 602 g/mol. The first-order valence-electron chi connectivity index (χ1n) is 14.4. The zero-order valence-corrected chi connectivity index (χ0v) is 26.2. The summed E-state index contributed by atoms with van der Waals surface area (Å²) in [6.07, 6.45) is 1.24. The van der Waals surface area contributed by atoms with Crippen LogP contribution < -0.4 is 30.1 Å². The van der Waals surface area contributed by atoms with E-state index in [2.05, 4.69) is 20.2 Å². The lowest BCUT2D eigenvalue weighted by Crippen LogP contribution is -2.45. The normalized spacial score (nSPS) is 13.2. The van der Waals surface area contributed by atoms with Gasteiger partial charge in [-0.05, 0) is 77.3 Å². The molecule has 5 rings (SSSR count). The van der Waals surface area contributed by atoms with Gasteiger partial charge in [0.2, 0.25) is 5.95 Å². The second kappa shape index (κ2) is 12.4. The SMILES string of the molecule is COc1ccc2c(c1)N(c1cc3cnc(Nc4ccc(OCCN(C)C)cc4)nc3n(C)c1=O)CCN2C(=O)OC(C)(C)C. The van der Waals surface area contributed by atoms with Gasteiger partial charge in [-0.1, -0.05) is 0 Å². The quantitative estimate of drug-likeness (QED) is 0.299. The summed E-state index contributed by atoms with van der Waals surface area (Å²) >= 11 is 0. The fourth-order valence-corrected chi connectivity index (χ4v) is 4.87. The predicted octanol–water partition coefficient (Wildman–Crippen LogP) is 4.91. The van der Waals surface area contributed by atoms with Gasteiger partial charge in [0.15, 0.2) is 0 Å². The van der Waals surface area contributed by atoms with Crippen molar-refractivity contribution in [1.82, 2.24) is 19.4 Å². The number of anilines is 5. The largest absolute Gasteiger partial charge is 0.497 e. The number of aryl methyl sites for hydroxylation is 1. The molecule has 4 aromatic rings. The van der Waals surface area contributed by atoms with Gasteiger partial charge >= 0.3 is 6.09 Å². The van der Waals surface area contributed by atoms with Crippen molar-refractivity contribution in [2.24, 2.45) is 7.05 Å². The Morgan fingerprint density at radius 3 is 2.41 bits per heavy atom. The van der Waals surface area contributed by atoms with E-state index in [-0.39, 0.29) is 5.56 Å². The van der Waals surface area contributed by atoms with Crippen molar-refractivity contribution in [2.45, 2.75) is 26.4 Å². The highest BCUT2D eigenvalue weighted by molar-refractivity contribution is 5.96. The number of aromatic nitrogens is 3. The van der Waals surface area contributed by atoms with E-state index in [0.717, 1.165) is 18.0 Å². The molecule has 12 heteroatoms. The van der Waals surface area contributed by atoms with Gasteiger partial charge in [-0.3, -0.25) is 14.3 Å². The Morgan fingerprint density at radius 2 is 1.73 bits per heavy atom. The number of carbonyl (C=O) groups excluding carboxylic acids is 1. The van der Waals surface area contributed by atoms with Crippen molar-refractivity contribution < 1.29 is 19.0 Å². The predicted molar refractivity (Wildman–Crippen MR) is 172 cm³/mol. The monoisotopic (exact) mass is 601 g/mol. The van der Waals surface area contributed by atoms with Gasteiger partial charge in [-0.25, -0.2) is 9.78 Å². The molecule has 0 unspecified atom stereocenters. The molecule has 0 saturated heterocycles. The van der Waals surface area contributed by atoms with Crippen molar-refractivity contribution in [1.29, 1.82) is 0 Å². The molecule has 1 N–H and O–H groups in total. The van der Waals surface area contributed by atoms with E-state index in [0.29, 0.717) is 59.5 Å². The second-order valence-corrected chi connectivity index (χ2v) is 11.8. The Bertz CT molecular complexity index is 1710. The Kier molecular flexibility index (Phi) is 8.63. The van der Waals surface area contributed by atoms with Crippen LogP contribution in [0.4, 0.5) is 33.5 Å². The molecule has 12 nitrogen and oxygen atoms in total. The number of rotatable bonds is 8. The summed E-state index contributed by atoms with van der Waals surface area (Å²) in [5, 5.41) is 3.90. The Morgan fingerprint density at radius 1 is 1.00 bits per heavy atom. The Hall–Kier alpha value is -4.84. The maximum Gasteiger partial charge on any atom is 0.414 e. The molecule has 0 saturated carbocycles. The molecule has 0 aliphatic carbocycles. The van der Waals surface area contributed by atoms with E-state index < -0.39 is 11.7 Å². The molecular weight excluding hydrogens is 562 g/mol. The third-order valence-corrected chi connectivity index (χ3v) is 7.06. The smallest absolute Gasteiger partial charge is 0.414 e. The van der Waals surface area contributed by atoms with Crippen LogP contribution in [0.5, 0.6) is 11.5 Å². The highest BCUT2D eigenvalue weighted by atomic mass is 16.6. The maximum absolute atomic E-state index is 13.8. The van der Waals surface area contributed by atoms with Crippen LogP contribution in [0.3, 0.4) is 0 Å². The Balaban J connectivity index is 1.43. The summed E-state index contributed by atoms with van der Waals surface area (Å²) in [6, 6.07) is 14.7. The number of methoxy groups -OCH3 is 1. The van der Waals surface area contributed by atoms with Crippen molar-refractivity contribution in [3.63, 3.8) is 0 Å². The fourth-order valence-electron chi connectivity index (χ4n) is 4.87. The minimum atomic E-state index is -0.646. The van der Waals surface area contributed by atoms with E-state index in [4.69, 9.17) is 14.2 Å². The number of carbonyl (C=O) groups is 1. The van der Waals surface area contributed by atoms with Gasteiger partial charge in [-0.2, -0.15) is 4.98 Å².